The lowest BCUT2D eigenvalue weighted by Gasteiger charge is -2.21. The summed E-state index contributed by atoms with van der Waals surface area (Å²) >= 11 is 7.79. The van der Waals surface area contributed by atoms with Gasteiger partial charge in [0.15, 0.2) is 0 Å². The zero-order valence-electron chi connectivity index (χ0n) is 11.2. The quantitative estimate of drug-likeness (QED) is 0.802. The Kier molecular flexibility index (Phi) is 5.43. The second-order valence-corrected chi connectivity index (χ2v) is 6.56. The Bertz CT molecular complexity index is 509. The first kappa shape index (κ1) is 16.5. The number of hydrogen-bond donors (Lipinski definition) is 0. The van der Waals surface area contributed by atoms with Crippen molar-refractivity contribution < 1.29 is 18.0 Å². The lowest BCUT2D eigenvalue weighted by atomic mass is 10.1. The van der Waals surface area contributed by atoms with Crippen LogP contribution in [0.5, 0.6) is 0 Å². The molecule has 1 aromatic rings. The zero-order valence-corrected chi connectivity index (χ0v) is 12.8. The molecule has 1 amide bonds. The summed E-state index contributed by atoms with van der Waals surface area (Å²) in [6, 6.07) is 7.45. The van der Waals surface area contributed by atoms with Gasteiger partial charge >= 0.3 is 6.18 Å². The lowest BCUT2D eigenvalue weighted by Crippen LogP contribution is -2.35. The van der Waals surface area contributed by atoms with Crippen LogP contribution < -0.4 is 0 Å². The van der Waals surface area contributed by atoms with Gasteiger partial charge in [0, 0.05) is 29.1 Å². The number of nitrogens with zero attached hydrogens (tertiary/aromatic N) is 1. The molecular weight excluding hydrogens is 323 g/mol. The van der Waals surface area contributed by atoms with E-state index in [2.05, 4.69) is 0 Å². The molecule has 0 spiro atoms. The fraction of sp³-hybridized carbons (Fsp3) is 0.500. The summed E-state index contributed by atoms with van der Waals surface area (Å²) < 4.78 is 36.9. The van der Waals surface area contributed by atoms with Crippen molar-refractivity contribution in [3.63, 3.8) is 0 Å². The van der Waals surface area contributed by atoms with Gasteiger partial charge in [0.2, 0.25) is 5.91 Å². The molecular formula is C14H15ClF3NOS. The molecule has 2 nitrogen and oxygen atoms in total. The first-order chi connectivity index (χ1) is 9.87. The Morgan fingerprint density at radius 3 is 2.71 bits per heavy atom. The molecule has 116 valence electrons. The zero-order chi connectivity index (χ0) is 15.5. The van der Waals surface area contributed by atoms with E-state index in [0.29, 0.717) is 30.3 Å². The molecule has 1 atom stereocenters. The summed E-state index contributed by atoms with van der Waals surface area (Å²) in [6.07, 6.45) is -5.22. The predicted molar refractivity (Wildman–Crippen MR) is 78.5 cm³/mol. The fourth-order valence-electron chi connectivity index (χ4n) is 2.29. The number of rotatable bonds is 2. The molecule has 0 aliphatic carbocycles. The van der Waals surface area contributed by atoms with Gasteiger partial charge in [0.1, 0.15) is 6.42 Å². The van der Waals surface area contributed by atoms with Crippen molar-refractivity contribution in [3.05, 3.63) is 34.9 Å². The topological polar surface area (TPSA) is 20.3 Å². The molecule has 21 heavy (non-hydrogen) atoms. The molecule has 1 aromatic carbocycles. The van der Waals surface area contributed by atoms with Gasteiger partial charge in [0.25, 0.3) is 0 Å². The average molecular weight is 338 g/mol. The van der Waals surface area contributed by atoms with Crippen molar-refractivity contribution in [1.29, 1.82) is 0 Å². The summed E-state index contributed by atoms with van der Waals surface area (Å²) in [5.41, 5.74) is 0.981. The number of benzene rings is 1. The molecule has 1 heterocycles. The third kappa shape index (κ3) is 4.81. The number of hydrogen-bond acceptors (Lipinski definition) is 2. The van der Waals surface area contributed by atoms with Gasteiger partial charge in [-0.05, 0) is 18.1 Å². The maximum atomic E-state index is 12.3. The standard InChI is InChI=1S/C14H15ClF3NOS/c15-11-4-2-1-3-10(11)12-5-6-19(7-8-21-12)13(20)9-14(16,17)18/h1-4,12H,5-9H2/t12-/m1/s1. The summed E-state index contributed by atoms with van der Waals surface area (Å²) in [7, 11) is 0. The Labute approximate surface area is 130 Å². The number of amides is 1. The number of thioether (sulfide) groups is 1. The minimum Gasteiger partial charge on any atom is -0.342 e. The molecule has 0 bridgehead atoms. The molecule has 1 saturated heterocycles. The number of alkyl halides is 3. The Hall–Kier alpha value is -0.880. The lowest BCUT2D eigenvalue weighted by molar-refractivity contribution is -0.161. The maximum Gasteiger partial charge on any atom is 0.397 e. The number of halogens is 4. The average Bonchev–Trinajstić information content (AvgIpc) is 2.63. The first-order valence-electron chi connectivity index (χ1n) is 6.57. The van der Waals surface area contributed by atoms with Crippen LogP contribution in [0.2, 0.25) is 5.02 Å². The molecule has 0 unspecified atom stereocenters. The second-order valence-electron chi connectivity index (χ2n) is 4.84. The van der Waals surface area contributed by atoms with Crippen LogP contribution in [-0.2, 0) is 4.79 Å². The summed E-state index contributed by atoms with van der Waals surface area (Å²) in [4.78, 5) is 13.0. The summed E-state index contributed by atoms with van der Waals surface area (Å²) in [5.74, 6) is -0.234. The van der Waals surface area contributed by atoms with Crippen molar-refractivity contribution in [1.82, 2.24) is 4.90 Å². The van der Waals surface area contributed by atoms with Crippen molar-refractivity contribution >= 4 is 29.3 Å². The van der Waals surface area contributed by atoms with Crippen LogP contribution in [0.15, 0.2) is 24.3 Å². The summed E-state index contributed by atoms with van der Waals surface area (Å²) in [6.45, 7) is 0.679. The van der Waals surface area contributed by atoms with Gasteiger partial charge in [-0.2, -0.15) is 24.9 Å². The molecule has 0 N–H and O–H groups in total. The van der Waals surface area contributed by atoms with Crippen molar-refractivity contribution in [2.24, 2.45) is 0 Å². The van der Waals surface area contributed by atoms with Gasteiger partial charge in [0.05, 0.1) is 0 Å². The van der Waals surface area contributed by atoms with E-state index < -0.39 is 18.5 Å². The van der Waals surface area contributed by atoms with Gasteiger partial charge < -0.3 is 4.90 Å². The normalized spacial score (nSPS) is 20.2. The van der Waals surface area contributed by atoms with Gasteiger partial charge in [-0.1, -0.05) is 29.8 Å². The van der Waals surface area contributed by atoms with Crippen LogP contribution in [0.4, 0.5) is 13.2 Å². The molecule has 2 rings (SSSR count). The number of carbonyl (C=O) groups excluding carboxylic acids is 1. The first-order valence-corrected chi connectivity index (χ1v) is 8.00. The second kappa shape index (κ2) is 6.92. The van der Waals surface area contributed by atoms with Crippen LogP contribution >= 0.6 is 23.4 Å². The molecule has 7 heteroatoms. The number of carbonyl (C=O) groups is 1. The molecule has 1 aliphatic heterocycles. The SMILES string of the molecule is O=C(CC(F)(F)F)N1CCS[C@@H](c2ccccc2Cl)CC1. The highest BCUT2D eigenvalue weighted by Gasteiger charge is 2.34. The van der Waals surface area contributed by atoms with Crippen LogP contribution in [0.25, 0.3) is 0 Å². The van der Waals surface area contributed by atoms with Crippen molar-refractivity contribution in [2.45, 2.75) is 24.3 Å². The Morgan fingerprint density at radius 1 is 1.33 bits per heavy atom. The predicted octanol–water partition coefficient (Wildman–Crippen LogP) is 4.30. The highest BCUT2D eigenvalue weighted by atomic mass is 35.5. The van der Waals surface area contributed by atoms with E-state index in [4.69, 9.17) is 11.6 Å². The third-order valence-electron chi connectivity index (χ3n) is 3.30. The molecule has 1 fully saturated rings. The Balaban J connectivity index is 1.99. The van der Waals surface area contributed by atoms with Crippen LogP contribution in [0.3, 0.4) is 0 Å². The summed E-state index contributed by atoms with van der Waals surface area (Å²) in [5, 5.41) is 0.771. The van der Waals surface area contributed by atoms with E-state index in [9.17, 15) is 18.0 Å². The molecule has 0 radical (unpaired) electrons. The van der Waals surface area contributed by atoms with E-state index in [0.717, 1.165) is 5.56 Å². The fourth-order valence-corrected chi connectivity index (χ4v) is 3.89. The monoisotopic (exact) mass is 337 g/mol. The van der Waals surface area contributed by atoms with E-state index >= 15 is 0 Å². The van der Waals surface area contributed by atoms with Crippen LogP contribution in [-0.4, -0.2) is 35.8 Å². The van der Waals surface area contributed by atoms with Crippen LogP contribution in [0, 0.1) is 0 Å². The minimum atomic E-state index is -4.45. The minimum absolute atomic E-state index is 0.113. The maximum absolute atomic E-state index is 12.3. The third-order valence-corrected chi connectivity index (χ3v) is 4.95. The van der Waals surface area contributed by atoms with Gasteiger partial charge in [-0.3, -0.25) is 4.79 Å². The highest BCUT2D eigenvalue weighted by molar-refractivity contribution is 7.99. The van der Waals surface area contributed by atoms with Crippen molar-refractivity contribution in [2.75, 3.05) is 18.8 Å². The van der Waals surface area contributed by atoms with E-state index in [1.807, 2.05) is 18.2 Å². The largest absolute Gasteiger partial charge is 0.397 e. The van der Waals surface area contributed by atoms with Crippen molar-refractivity contribution in [3.8, 4) is 0 Å². The van der Waals surface area contributed by atoms with Gasteiger partial charge in [-0.15, -0.1) is 0 Å². The van der Waals surface area contributed by atoms with Crippen LogP contribution in [0.1, 0.15) is 23.7 Å². The highest BCUT2D eigenvalue weighted by Crippen LogP contribution is 2.38. The molecule has 1 aliphatic rings. The van der Waals surface area contributed by atoms with E-state index in [1.54, 1.807) is 17.8 Å². The molecule has 0 aromatic heterocycles. The Morgan fingerprint density at radius 2 is 2.05 bits per heavy atom. The molecule has 0 saturated carbocycles. The van der Waals surface area contributed by atoms with E-state index in [1.165, 1.54) is 4.90 Å². The van der Waals surface area contributed by atoms with E-state index in [-0.39, 0.29) is 5.25 Å². The van der Waals surface area contributed by atoms with Gasteiger partial charge in [-0.25, -0.2) is 0 Å². The smallest absolute Gasteiger partial charge is 0.342 e.